The fourth-order valence-electron chi connectivity index (χ4n) is 3.42. The zero-order chi connectivity index (χ0) is 18.8. The Labute approximate surface area is 162 Å². The molecule has 2 aromatic rings. The summed E-state index contributed by atoms with van der Waals surface area (Å²) in [6.45, 7) is 2.88. The van der Waals surface area contributed by atoms with Gasteiger partial charge < -0.3 is 20.7 Å². The highest BCUT2D eigenvalue weighted by Crippen LogP contribution is 2.40. The van der Waals surface area contributed by atoms with E-state index in [-0.39, 0.29) is 5.91 Å². The molecule has 0 radical (unpaired) electrons. The highest BCUT2D eigenvalue weighted by atomic mass is 35.5. The number of allylic oxidation sites excluding steroid dienone is 3. The standard InChI is InChI=1S/C19H21Cl2N3O2/c1-2-11(4-3-6-22)12-8-14(20)18(21)19-17(12)13-9-24(16(26)10-25)7-5-15(13)23-19/h2-4,8,23,25H,5-7,9-10,22H2,1H3/b4-3-,11-2+. The molecule has 26 heavy (non-hydrogen) atoms. The third-order valence-electron chi connectivity index (χ3n) is 4.69. The van der Waals surface area contributed by atoms with Gasteiger partial charge in [-0.1, -0.05) is 41.4 Å². The van der Waals surface area contributed by atoms with Gasteiger partial charge in [0.1, 0.15) is 6.61 Å². The number of halogens is 2. The summed E-state index contributed by atoms with van der Waals surface area (Å²) in [6.07, 6.45) is 6.50. The number of rotatable bonds is 4. The van der Waals surface area contributed by atoms with Crippen molar-refractivity contribution in [2.24, 2.45) is 5.73 Å². The average molecular weight is 394 g/mol. The van der Waals surface area contributed by atoms with E-state index in [1.165, 1.54) is 0 Å². The van der Waals surface area contributed by atoms with Gasteiger partial charge in [-0.15, -0.1) is 0 Å². The number of benzene rings is 1. The number of amides is 1. The molecule has 2 heterocycles. The summed E-state index contributed by atoms with van der Waals surface area (Å²) in [4.78, 5) is 17.0. The van der Waals surface area contributed by atoms with Crippen LogP contribution in [-0.4, -0.2) is 40.6 Å². The van der Waals surface area contributed by atoms with Crippen LogP contribution in [-0.2, 0) is 17.8 Å². The predicted molar refractivity (Wildman–Crippen MR) is 106 cm³/mol. The van der Waals surface area contributed by atoms with Crippen molar-refractivity contribution in [2.75, 3.05) is 19.7 Å². The lowest BCUT2D eigenvalue weighted by Crippen LogP contribution is -2.37. The first-order valence-corrected chi connectivity index (χ1v) is 9.20. The number of hydrogen-bond donors (Lipinski definition) is 3. The average Bonchev–Trinajstić information content (AvgIpc) is 3.04. The van der Waals surface area contributed by atoms with E-state index in [1.54, 1.807) is 4.90 Å². The number of aliphatic hydroxyl groups excluding tert-OH is 1. The van der Waals surface area contributed by atoms with Crippen LogP contribution in [0.2, 0.25) is 10.0 Å². The van der Waals surface area contributed by atoms with Crippen molar-refractivity contribution < 1.29 is 9.90 Å². The Morgan fingerprint density at radius 3 is 2.88 bits per heavy atom. The van der Waals surface area contributed by atoms with Gasteiger partial charge in [0.15, 0.2) is 0 Å². The topological polar surface area (TPSA) is 82.4 Å². The number of carbonyl (C=O) groups excluding carboxylic acids is 1. The van der Waals surface area contributed by atoms with Gasteiger partial charge in [0.2, 0.25) is 5.91 Å². The number of nitrogens with zero attached hydrogens (tertiary/aromatic N) is 1. The van der Waals surface area contributed by atoms with Crippen LogP contribution in [0, 0.1) is 0 Å². The second-order valence-corrected chi connectivity index (χ2v) is 6.94. The molecular formula is C19H21Cl2N3O2. The van der Waals surface area contributed by atoms with Gasteiger partial charge in [0, 0.05) is 42.7 Å². The van der Waals surface area contributed by atoms with Crippen LogP contribution in [0.3, 0.4) is 0 Å². The van der Waals surface area contributed by atoms with Gasteiger partial charge in [-0.05, 0) is 24.1 Å². The van der Waals surface area contributed by atoms with Crippen LogP contribution in [0.5, 0.6) is 0 Å². The quantitative estimate of drug-likeness (QED) is 0.697. The maximum Gasteiger partial charge on any atom is 0.248 e. The number of aliphatic hydroxyl groups is 1. The number of aromatic nitrogens is 1. The van der Waals surface area contributed by atoms with E-state index >= 15 is 0 Å². The zero-order valence-electron chi connectivity index (χ0n) is 14.5. The van der Waals surface area contributed by atoms with Gasteiger partial charge in [-0.25, -0.2) is 0 Å². The van der Waals surface area contributed by atoms with Crippen molar-refractivity contribution in [2.45, 2.75) is 19.9 Å². The fraction of sp³-hybridized carbons (Fsp3) is 0.316. The Hall–Kier alpha value is -1.79. The molecule has 0 bridgehead atoms. The van der Waals surface area contributed by atoms with Crippen LogP contribution >= 0.6 is 23.2 Å². The molecule has 0 saturated carbocycles. The van der Waals surface area contributed by atoms with E-state index in [2.05, 4.69) is 4.98 Å². The second kappa shape index (κ2) is 7.84. The second-order valence-electron chi connectivity index (χ2n) is 6.16. The normalized spacial score (nSPS) is 15.1. The lowest BCUT2D eigenvalue weighted by atomic mass is 9.95. The van der Waals surface area contributed by atoms with Crippen molar-refractivity contribution in [3.05, 3.63) is 51.2 Å². The Morgan fingerprint density at radius 1 is 1.46 bits per heavy atom. The third-order valence-corrected chi connectivity index (χ3v) is 5.47. The third kappa shape index (κ3) is 3.28. The minimum Gasteiger partial charge on any atom is -0.387 e. The molecule has 5 nitrogen and oxygen atoms in total. The number of nitrogens with two attached hydrogens (primary N) is 1. The molecule has 1 aliphatic heterocycles. The summed E-state index contributed by atoms with van der Waals surface area (Å²) in [5, 5.41) is 11.1. The summed E-state index contributed by atoms with van der Waals surface area (Å²) in [5.74, 6) is -0.277. The van der Waals surface area contributed by atoms with Crippen LogP contribution in [0.1, 0.15) is 23.7 Å². The number of H-pyrrole nitrogens is 1. The SMILES string of the molecule is C/C=C(\C=C/CN)c1cc(Cl)c(Cl)c2[nH]c3c(c12)CN(C(=O)CO)CC3. The molecule has 1 amide bonds. The van der Waals surface area contributed by atoms with Gasteiger partial charge in [-0.2, -0.15) is 0 Å². The molecule has 7 heteroatoms. The highest BCUT2D eigenvalue weighted by Gasteiger charge is 2.26. The van der Waals surface area contributed by atoms with Crippen LogP contribution in [0.25, 0.3) is 16.5 Å². The number of hydrogen-bond acceptors (Lipinski definition) is 3. The fourth-order valence-corrected chi connectivity index (χ4v) is 3.82. The number of fused-ring (bicyclic) bond motifs is 3. The van der Waals surface area contributed by atoms with Crippen molar-refractivity contribution in [3.63, 3.8) is 0 Å². The summed E-state index contributed by atoms with van der Waals surface area (Å²) in [5.41, 5.74) is 10.4. The molecule has 0 atom stereocenters. The molecule has 0 saturated heterocycles. The first-order chi connectivity index (χ1) is 12.5. The molecule has 4 N–H and O–H groups in total. The first-order valence-electron chi connectivity index (χ1n) is 8.45. The monoisotopic (exact) mass is 393 g/mol. The van der Waals surface area contributed by atoms with Gasteiger partial charge >= 0.3 is 0 Å². The largest absolute Gasteiger partial charge is 0.387 e. The van der Waals surface area contributed by atoms with E-state index in [1.807, 2.05) is 31.2 Å². The van der Waals surface area contributed by atoms with Gasteiger partial charge in [0.05, 0.1) is 15.6 Å². The van der Waals surface area contributed by atoms with Crippen molar-refractivity contribution >= 4 is 45.6 Å². The Bertz CT molecular complexity index is 915. The Kier molecular flexibility index (Phi) is 5.73. The smallest absolute Gasteiger partial charge is 0.248 e. The molecule has 0 unspecified atom stereocenters. The van der Waals surface area contributed by atoms with E-state index in [0.717, 1.165) is 33.3 Å². The van der Waals surface area contributed by atoms with E-state index in [0.29, 0.717) is 36.1 Å². The lowest BCUT2D eigenvalue weighted by Gasteiger charge is -2.27. The number of nitrogens with one attached hydrogen (secondary N) is 1. The Morgan fingerprint density at radius 2 is 2.23 bits per heavy atom. The molecule has 0 spiro atoms. The number of aromatic amines is 1. The minimum atomic E-state index is -0.490. The zero-order valence-corrected chi connectivity index (χ0v) is 16.0. The predicted octanol–water partition coefficient (Wildman–Crippen LogP) is 3.27. The molecule has 0 fully saturated rings. The number of carbonyl (C=O) groups is 1. The van der Waals surface area contributed by atoms with Gasteiger partial charge in [0.25, 0.3) is 0 Å². The first kappa shape index (κ1) is 19.0. The summed E-state index contributed by atoms with van der Waals surface area (Å²) in [7, 11) is 0. The molecule has 0 aliphatic carbocycles. The van der Waals surface area contributed by atoms with Crippen molar-refractivity contribution in [3.8, 4) is 0 Å². The molecule has 1 aliphatic rings. The molecule has 1 aromatic carbocycles. The lowest BCUT2D eigenvalue weighted by molar-refractivity contribution is -0.135. The summed E-state index contributed by atoms with van der Waals surface area (Å²) in [6, 6.07) is 1.85. The van der Waals surface area contributed by atoms with Crippen LogP contribution < -0.4 is 5.73 Å². The maximum absolute atomic E-state index is 12.0. The van der Waals surface area contributed by atoms with E-state index in [9.17, 15) is 9.90 Å². The molecular weight excluding hydrogens is 373 g/mol. The van der Waals surface area contributed by atoms with E-state index < -0.39 is 6.61 Å². The van der Waals surface area contributed by atoms with Crippen LogP contribution in [0.4, 0.5) is 0 Å². The Balaban J connectivity index is 2.23. The van der Waals surface area contributed by atoms with Crippen LogP contribution in [0.15, 0.2) is 24.3 Å². The van der Waals surface area contributed by atoms with Crippen molar-refractivity contribution in [1.82, 2.24) is 9.88 Å². The maximum atomic E-state index is 12.0. The summed E-state index contributed by atoms with van der Waals surface area (Å²) >= 11 is 12.8. The van der Waals surface area contributed by atoms with Gasteiger partial charge in [-0.3, -0.25) is 4.79 Å². The minimum absolute atomic E-state index is 0.277. The molecule has 1 aromatic heterocycles. The highest BCUT2D eigenvalue weighted by molar-refractivity contribution is 6.45. The molecule has 3 rings (SSSR count). The summed E-state index contributed by atoms with van der Waals surface area (Å²) < 4.78 is 0. The molecule has 138 valence electrons. The van der Waals surface area contributed by atoms with E-state index in [4.69, 9.17) is 28.9 Å². The van der Waals surface area contributed by atoms with Crippen molar-refractivity contribution in [1.29, 1.82) is 0 Å².